The number of nitrogens with two attached hydrogens (primary N) is 1. The first-order valence-corrected chi connectivity index (χ1v) is 4.63. The number of para-hydroxylation sites is 1. The quantitative estimate of drug-likeness (QED) is 0.584. The van der Waals surface area contributed by atoms with Gasteiger partial charge in [-0.15, -0.1) is 0 Å². The fourth-order valence-corrected chi connectivity index (χ4v) is 1.42. The number of nitrogens with zero attached hydrogens (tertiary/aromatic N) is 1. The largest absolute Gasteiger partial charge is 0.311 e. The van der Waals surface area contributed by atoms with E-state index in [1.165, 1.54) is 11.1 Å². The Kier molecular flexibility index (Phi) is 5.88. The maximum absolute atomic E-state index is 9.50. The van der Waals surface area contributed by atoms with Crippen molar-refractivity contribution >= 4 is 5.69 Å². The molecule has 0 saturated heterocycles. The molecule has 1 aromatic rings. The number of benzene rings is 1. The van der Waals surface area contributed by atoms with Gasteiger partial charge in [-0.3, -0.25) is 4.39 Å². The number of anilines is 1. The lowest BCUT2D eigenvalue weighted by Crippen LogP contribution is -2.31. The van der Waals surface area contributed by atoms with Crippen LogP contribution < -0.4 is 10.9 Å². The van der Waals surface area contributed by atoms with Crippen LogP contribution in [0, 0.1) is 13.8 Å². The van der Waals surface area contributed by atoms with Gasteiger partial charge in [0.15, 0.2) is 0 Å². The first kappa shape index (κ1) is 12.9. The second kappa shape index (κ2) is 6.38. The zero-order chi connectivity index (χ0) is 11.1. The molecular formula is C11H19FN2. The average Bonchev–Trinajstić information content (AvgIpc) is 2.20. The normalized spacial score (nSPS) is 9.00. The molecule has 0 saturated carbocycles. The van der Waals surface area contributed by atoms with Gasteiger partial charge in [0, 0.05) is 6.54 Å². The number of aryl methyl sites for hydroxylation is 2. The Bertz CT molecular complexity index is 254. The molecule has 0 aliphatic carbocycles. The van der Waals surface area contributed by atoms with Gasteiger partial charge in [-0.25, -0.2) is 5.84 Å². The number of rotatable bonds is 2. The molecule has 14 heavy (non-hydrogen) atoms. The summed E-state index contributed by atoms with van der Waals surface area (Å²) in [5.74, 6) is 5.83. The third-order valence-corrected chi connectivity index (χ3v) is 2.07. The van der Waals surface area contributed by atoms with Crippen LogP contribution in [-0.4, -0.2) is 13.7 Å². The Morgan fingerprint density at radius 3 is 2.00 bits per heavy atom. The summed E-state index contributed by atoms with van der Waals surface area (Å²) in [6.07, 6.45) is 0. The highest BCUT2D eigenvalue weighted by Gasteiger charge is 2.04. The maximum atomic E-state index is 9.50. The van der Waals surface area contributed by atoms with Crippen molar-refractivity contribution in [2.75, 3.05) is 18.7 Å². The van der Waals surface area contributed by atoms with Gasteiger partial charge in [-0.1, -0.05) is 18.2 Å². The third kappa shape index (κ3) is 3.00. The molecule has 2 nitrogen and oxygen atoms in total. The van der Waals surface area contributed by atoms with Crippen LogP contribution in [0.5, 0.6) is 0 Å². The Hall–Kier alpha value is -1.09. The Labute approximate surface area is 85.5 Å². The molecule has 0 spiro atoms. The van der Waals surface area contributed by atoms with Crippen LogP contribution >= 0.6 is 0 Å². The molecular weight excluding hydrogens is 179 g/mol. The summed E-state index contributed by atoms with van der Waals surface area (Å²) in [5.41, 5.74) is 3.62. The van der Waals surface area contributed by atoms with Crippen molar-refractivity contribution in [1.29, 1.82) is 0 Å². The second-order valence-electron chi connectivity index (χ2n) is 3.03. The van der Waals surface area contributed by atoms with Gasteiger partial charge < -0.3 is 5.01 Å². The van der Waals surface area contributed by atoms with Crippen molar-refractivity contribution in [3.8, 4) is 0 Å². The Morgan fingerprint density at radius 2 is 1.64 bits per heavy atom. The number of hydrogen-bond acceptors (Lipinski definition) is 2. The van der Waals surface area contributed by atoms with E-state index < -0.39 is 0 Å². The molecule has 0 atom stereocenters. The molecule has 0 bridgehead atoms. The predicted octanol–water partition coefficient (Wildman–Crippen LogP) is 2.59. The molecule has 1 aromatic carbocycles. The van der Waals surface area contributed by atoms with Gasteiger partial charge in [-0.05, 0) is 31.9 Å². The summed E-state index contributed by atoms with van der Waals surface area (Å²) < 4.78 is 9.50. The van der Waals surface area contributed by atoms with Crippen LogP contribution in [0.2, 0.25) is 0 Å². The molecule has 0 heterocycles. The fourth-order valence-electron chi connectivity index (χ4n) is 1.42. The summed E-state index contributed by atoms with van der Waals surface area (Å²) in [7, 11) is 0.500. The van der Waals surface area contributed by atoms with Gasteiger partial charge in [0.25, 0.3) is 0 Å². The summed E-state index contributed by atoms with van der Waals surface area (Å²) >= 11 is 0. The summed E-state index contributed by atoms with van der Waals surface area (Å²) in [6.45, 7) is 7.05. The molecule has 1 rings (SSSR count). The lowest BCUT2D eigenvalue weighted by molar-refractivity contribution is 0.636. The van der Waals surface area contributed by atoms with E-state index >= 15 is 0 Å². The van der Waals surface area contributed by atoms with Crippen LogP contribution in [0.15, 0.2) is 18.2 Å². The van der Waals surface area contributed by atoms with Crippen LogP contribution in [0.25, 0.3) is 0 Å². The van der Waals surface area contributed by atoms with Crippen molar-refractivity contribution in [1.82, 2.24) is 0 Å². The molecule has 0 unspecified atom stereocenters. The monoisotopic (exact) mass is 198 g/mol. The highest BCUT2D eigenvalue weighted by molar-refractivity contribution is 5.57. The van der Waals surface area contributed by atoms with E-state index in [2.05, 4.69) is 32.0 Å². The minimum Gasteiger partial charge on any atom is -0.311 e. The SMILES string of the molecule is CCN(N)c1c(C)cccc1C.CF. The standard InChI is InChI=1S/C10H16N2.CH3F/c1-4-12(11)10-8(2)6-5-7-9(10)3;1-2/h5-7H,4,11H2,1-3H3;1H3. The molecule has 2 N–H and O–H groups in total. The Balaban J connectivity index is 0.000000791. The molecule has 3 heteroatoms. The second-order valence-corrected chi connectivity index (χ2v) is 3.03. The van der Waals surface area contributed by atoms with Crippen molar-refractivity contribution in [3.05, 3.63) is 29.3 Å². The maximum Gasteiger partial charge on any atom is 0.0785 e. The first-order chi connectivity index (χ1) is 6.66. The van der Waals surface area contributed by atoms with Crippen LogP contribution in [0.4, 0.5) is 10.1 Å². The van der Waals surface area contributed by atoms with Crippen LogP contribution in [0.3, 0.4) is 0 Å². The van der Waals surface area contributed by atoms with Gasteiger partial charge in [0.1, 0.15) is 0 Å². The number of alkyl halides is 1. The zero-order valence-electron chi connectivity index (χ0n) is 9.34. The first-order valence-electron chi connectivity index (χ1n) is 4.63. The average molecular weight is 198 g/mol. The van der Waals surface area contributed by atoms with E-state index in [0.29, 0.717) is 7.18 Å². The minimum atomic E-state index is 0.500. The fraction of sp³-hybridized carbons (Fsp3) is 0.455. The molecule has 0 fully saturated rings. The molecule has 0 amide bonds. The lowest BCUT2D eigenvalue weighted by atomic mass is 10.1. The molecule has 0 aromatic heterocycles. The van der Waals surface area contributed by atoms with E-state index in [0.717, 1.165) is 12.2 Å². The smallest absolute Gasteiger partial charge is 0.0785 e. The van der Waals surface area contributed by atoms with Gasteiger partial charge in [-0.2, -0.15) is 0 Å². The summed E-state index contributed by atoms with van der Waals surface area (Å²) in [6, 6.07) is 6.22. The van der Waals surface area contributed by atoms with Crippen LogP contribution in [0.1, 0.15) is 18.1 Å². The Morgan fingerprint density at radius 1 is 1.21 bits per heavy atom. The van der Waals surface area contributed by atoms with Crippen LogP contribution in [-0.2, 0) is 0 Å². The number of hydrazine groups is 1. The van der Waals surface area contributed by atoms with Gasteiger partial charge >= 0.3 is 0 Å². The number of hydrogen-bond donors (Lipinski definition) is 1. The molecule has 0 aliphatic heterocycles. The van der Waals surface area contributed by atoms with E-state index in [-0.39, 0.29) is 0 Å². The lowest BCUT2D eigenvalue weighted by Gasteiger charge is -2.20. The van der Waals surface area contributed by atoms with Crippen molar-refractivity contribution in [2.45, 2.75) is 20.8 Å². The molecule has 80 valence electrons. The van der Waals surface area contributed by atoms with Crippen molar-refractivity contribution in [3.63, 3.8) is 0 Å². The van der Waals surface area contributed by atoms with Crippen molar-refractivity contribution < 1.29 is 4.39 Å². The predicted molar refractivity (Wildman–Crippen MR) is 60.2 cm³/mol. The minimum absolute atomic E-state index is 0.500. The van der Waals surface area contributed by atoms with E-state index in [1.54, 1.807) is 5.01 Å². The van der Waals surface area contributed by atoms with E-state index in [9.17, 15) is 4.39 Å². The highest BCUT2D eigenvalue weighted by atomic mass is 19.1. The number of halogens is 1. The van der Waals surface area contributed by atoms with E-state index in [1.807, 2.05) is 6.92 Å². The highest BCUT2D eigenvalue weighted by Crippen LogP contribution is 2.21. The topological polar surface area (TPSA) is 29.3 Å². The zero-order valence-corrected chi connectivity index (χ0v) is 9.34. The van der Waals surface area contributed by atoms with Gasteiger partial charge in [0.05, 0.1) is 12.9 Å². The third-order valence-electron chi connectivity index (χ3n) is 2.07. The van der Waals surface area contributed by atoms with Crippen molar-refractivity contribution in [2.24, 2.45) is 5.84 Å². The molecule has 0 radical (unpaired) electrons. The van der Waals surface area contributed by atoms with E-state index in [4.69, 9.17) is 5.84 Å². The molecule has 0 aliphatic rings. The summed E-state index contributed by atoms with van der Waals surface area (Å²) in [4.78, 5) is 0. The van der Waals surface area contributed by atoms with Gasteiger partial charge in [0.2, 0.25) is 0 Å². The summed E-state index contributed by atoms with van der Waals surface area (Å²) in [5, 5.41) is 1.78.